The molecule has 1 N–H and O–H groups in total. The van der Waals surface area contributed by atoms with Gasteiger partial charge in [-0.3, -0.25) is 4.79 Å². The number of methoxy groups -OCH3 is 1. The minimum Gasteiger partial charge on any atom is -0.469 e. The summed E-state index contributed by atoms with van der Waals surface area (Å²) in [6.45, 7) is 2.50. The van der Waals surface area contributed by atoms with E-state index < -0.39 is 0 Å². The number of hydrogen-bond acceptors (Lipinski definition) is 4. The molecule has 0 aliphatic heterocycles. The van der Waals surface area contributed by atoms with Crippen molar-refractivity contribution in [3.05, 3.63) is 60.1 Å². The third kappa shape index (κ3) is 3.48. The second-order valence-electron chi connectivity index (χ2n) is 4.63. The maximum absolute atomic E-state index is 11.9. The van der Waals surface area contributed by atoms with Gasteiger partial charge in [-0.1, -0.05) is 30.3 Å². The summed E-state index contributed by atoms with van der Waals surface area (Å²) in [4.78, 5) is 11.9. The van der Waals surface area contributed by atoms with Crippen LogP contribution >= 0.6 is 0 Å². The summed E-state index contributed by atoms with van der Waals surface area (Å²) >= 11 is 0. The molecule has 0 spiro atoms. The van der Waals surface area contributed by atoms with E-state index >= 15 is 0 Å². The fourth-order valence-electron chi connectivity index (χ4n) is 2.10. The van der Waals surface area contributed by atoms with E-state index in [-0.39, 0.29) is 17.9 Å². The zero-order valence-electron chi connectivity index (χ0n) is 11.7. The number of benzene rings is 1. The van der Waals surface area contributed by atoms with Crippen LogP contribution in [0.25, 0.3) is 0 Å². The van der Waals surface area contributed by atoms with Crippen LogP contribution in [0.1, 0.15) is 30.2 Å². The third-order valence-corrected chi connectivity index (χ3v) is 3.29. The van der Waals surface area contributed by atoms with Gasteiger partial charge in [-0.15, -0.1) is 0 Å². The van der Waals surface area contributed by atoms with Gasteiger partial charge in [0.05, 0.1) is 25.3 Å². The van der Waals surface area contributed by atoms with Crippen molar-refractivity contribution >= 4 is 5.97 Å². The van der Waals surface area contributed by atoms with Gasteiger partial charge in [-0.05, 0) is 24.6 Å². The maximum Gasteiger partial charge on any atom is 0.314 e. The van der Waals surface area contributed by atoms with E-state index in [2.05, 4.69) is 5.32 Å². The zero-order chi connectivity index (χ0) is 14.4. The zero-order valence-corrected chi connectivity index (χ0v) is 11.7. The largest absolute Gasteiger partial charge is 0.469 e. The lowest BCUT2D eigenvalue weighted by Crippen LogP contribution is -2.29. The van der Waals surface area contributed by atoms with Crippen molar-refractivity contribution in [1.29, 1.82) is 0 Å². The molecular formula is C16H19NO3. The maximum atomic E-state index is 11.9. The fourth-order valence-corrected chi connectivity index (χ4v) is 2.10. The Kier molecular flexibility index (Phi) is 4.96. The van der Waals surface area contributed by atoms with Crippen molar-refractivity contribution in [3.8, 4) is 0 Å². The molecule has 0 aliphatic rings. The molecule has 2 rings (SSSR count). The summed E-state index contributed by atoms with van der Waals surface area (Å²) in [5.41, 5.74) is 0.943. The van der Waals surface area contributed by atoms with Crippen LogP contribution in [0.15, 0.2) is 53.1 Å². The number of carbonyl (C=O) groups excluding carboxylic acids is 1. The Bertz CT molecular complexity index is 522. The smallest absolute Gasteiger partial charge is 0.314 e. The summed E-state index contributed by atoms with van der Waals surface area (Å²) in [6.07, 6.45) is 1.64. The van der Waals surface area contributed by atoms with Crippen LogP contribution in [0.3, 0.4) is 0 Å². The van der Waals surface area contributed by atoms with Crippen molar-refractivity contribution in [1.82, 2.24) is 5.32 Å². The first-order valence-electron chi connectivity index (χ1n) is 6.62. The first-order valence-corrected chi connectivity index (χ1v) is 6.62. The van der Waals surface area contributed by atoms with Gasteiger partial charge in [0.25, 0.3) is 0 Å². The topological polar surface area (TPSA) is 51.5 Å². The van der Waals surface area contributed by atoms with Gasteiger partial charge in [0.15, 0.2) is 0 Å². The van der Waals surface area contributed by atoms with E-state index in [1.165, 1.54) is 7.11 Å². The van der Waals surface area contributed by atoms with Crippen molar-refractivity contribution in [2.45, 2.75) is 18.9 Å². The molecule has 0 saturated carbocycles. The second kappa shape index (κ2) is 6.91. The lowest BCUT2D eigenvalue weighted by atomic mass is 9.99. The van der Waals surface area contributed by atoms with E-state index in [1.54, 1.807) is 6.26 Å². The van der Waals surface area contributed by atoms with Crippen LogP contribution in [-0.4, -0.2) is 19.6 Å². The fraction of sp³-hybridized carbons (Fsp3) is 0.312. The monoisotopic (exact) mass is 273 g/mol. The molecule has 2 unspecified atom stereocenters. The molecular weight excluding hydrogens is 254 g/mol. The van der Waals surface area contributed by atoms with E-state index in [0.717, 1.165) is 11.3 Å². The summed E-state index contributed by atoms with van der Waals surface area (Å²) in [5, 5.41) is 3.30. The van der Waals surface area contributed by atoms with Gasteiger partial charge >= 0.3 is 5.97 Å². The quantitative estimate of drug-likeness (QED) is 0.822. The molecule has 0 saturated heterocycles. The van der Waals surface area contributed by atoms with Crippen LogP contribution in [-0.2, 0) is 9.53 Å². The Morgan fingerprint density at radius 1 is 1.25 bits per heavy atom. The van der Waals surface area contributed by atoms with Crippen LogP contribution in [0, 0.1) is 0 Å². The van der Waals surface area contributed by atoms with Gasteiger partial charge in [0.2, 0.25) is 0 Å². The predicted octanol–water partition coefficient (Wildman–Crippen LogP) is 2.89. The van der Waals surface area contributed by atoms with Gasteiger partial charge in [-0.2, -0.15) is 0 Å². The molecule has 20 heavy (non-hydrogen) atoms. The van der Waals surface area contributed by atoms with Crippen molar-refractivity contribution < 1.29 is 13.9 Å². The number of ether oxygens (including phenoxy) is 1. The van der Waals surface area contributed by atoms with Crippen molar-refractivity contribution in [2.24, 2.45) is 0 Å². The molecule has 1 aromatic carbocycles. The Labute approximate surface area is 118 Å². The Hall–Kier alpha value is -2.07. The molecule has 2 atom stereocenters. The molecule has 0 aliphatic carbocycles. The highest BCUT2D eigenvalue weighted by Crippen LogP contribution is 2.19. The molecule has 2 aromatic rings. The predicted molar refractivity (Wildman–Crippen MR) is 76.3 cm³/mol. The first kappa shape index (κ1) is 14.3. The molecule has 4 heteroatoms. The molecule has 0 radical (unpaired) electrons. The highest BCUT2D eigenvalue weighted by Gasteiger charge is 2.22. The lowest BCUT2D eigenvalue weighted by Gasteiger charge is -2.18. The minimum absolute atomic E-state index is 0.0425. The normalized spacial score (nSPS) is 13.7. The molecule has 4 nitrogen and oxygen atoms in total. The number of nitrogens with one attached hydrogen (secondary N) is 1. The van der Waals surface area contributed by atoms with Crippen molar-refractivity contribution in [3.63, 3.8) is 0 Å². The Morgan fingerprint density at radius 3 is 2.60 bits per heavy atom. The summed E-state index contributed by atoms with van der Waals surface area (Å²) < 4.78 is 10.2. The highest BCUT2D eigenvalue weighted by molar-refractivity contribution is 5.78. The number of hydrogen-bond donors (Lipinski definition) is 1. The summed E-state index contributed by atoms with van der Waals surface area (Å²) in [7, 11) is 1.41. The number of esters is 1. The van der Waals surface area contributed by atoms with E-state index in [0.29, 0.717) is 6.54 Å². The van der Waals surface area contributed by atoms with Crippen molar-refractivity contribution in [2.75, 3.05) is 13.7 Å². The van der Waals surface area contributed by atoms with Gasteiger partial charge < -0.3 is 14.5 Å². The first-order chi connectivity index (χ1) is 9.72. The van der Waals surface area contributed by atoms with Crippen LogP contribution in [0.2, 0.25) is 0 Å². The molecule has 1 heterocycles. The molecule has 106 valence electrons. The Morgan fingerprint density at radius 2 is 2.00 bits per heavy atom. The van der Waals surface area contributed by atoms with Gasteiger partial charge in [0, 0.05) is 6.54 Å². The third-order valence-electron chi connectivity index (χ3n) is 3.29. The highest BCUT2D eigenvalue weighted by atomic mass is 16.5. The van der Waals surface area contributed by atoms with E-state index in [1.807, 2.05) is 49.4 Å². The van der Waals surface area contributed by atoms with E-state index in [9.17, 15) is 4.79 Å². The standard InChI is InChI=1S/C16H19NO3/c1-12(15-9-6-10-20-15)17-11-14(16(18)19-2)13-7-4-3-5-8-13/h3-10,12,14,17H,11H2,1-2H3. The number of carbonyl (C=O) groups is 1. The molecule has 0 bridgehead atoms. The minimum atomic E-state index is -0.321. The molecule has 0 fully saturated rings. The number of rotatable bonds is 6. The SMILES string of the molecule is COC(=O)C(CNC(C)c1ccco1)c1ccccc1. The van der Waals surface area contributed by atoms with Crippen LogP contribution in [0.4, 0.5) is 0 Å². The molecule has 1 aromatic heterocycles. The second-order valence-corrected chi connectivity index (χ2v) is 4.63. The average molecular weight is 273 g/mol. The van der Waals surface area contributed by atoms with Crippen LogP contribution < -0.4 is 5.32 Å². The van der Waals surface area contributed by atoms with Gasteiger partial charge in [0.1, 0.15) is 5.76 Å². The summed E-state index contributed by atoms with van der Waals surface area (Å²) in [5.74, 6) is 0.288. The van der Waals surface area contributed by atoms with Gasteiger partial charge in [-0.25, -0.2) is 0 Å². The number of furan rings is 1. The van der Waals surface area contributed by atoms with E-state index in [4.69, 9.17) is 9.15 Å². The molecule has 0 amide bonds. The average Bonchev–Trinajstić information content (AvgIpc) is 3.02. The Balaban J connectivity index is 2.04. The van der Waals surface area contributed by atoms with Crippen LogP contribution in [0.5, 0.6) is 0 Å². The lowest BCUT2D eigenvalue weighted by molar-refractivity contribution is -0.142. The summed E-state index contributed by atoms with van der Waals surface area (Å²) in [6, 6.07) is 13.4.